The molecule has 5 heteroatoms. The maximum atomic E-state index is 12.3. The Bertz CT molecular complexity index is 315. The molecule has 72 valence electrons. The minimum atomic E-state index is -2.52. The maximum Gasteiger partial charge on any atom is 0.280 e. The Morgan fingerprint density at radius 2 is 2.15 bits per heavy atom. The number of pyridine rings is 1. The zero-order chi connectivity index (χ0) is 10.0. The van der Waals surface area contributed by atoms with E-state index in [0.29, 0.717) is 15.5 Å². The molecule has 0 aromatic carbocycles. The summed E-state index contributed by atoms with van der Waals surface area (Å²) < 4.78 is 25.3. The molecule has 0 amide bonds. The van der Waals surface area contributed by atoms with Crippen molar-refractivity contribution in [3.05, 3.63) is 27.5 Å². The predicted octanol–water partition coefficient (Wildman–Crippen LogP) is 3.99. The molecular formula is C8H7Br2F2N. The van der Waals surface area contributed by atoms with E-state index >= 15 is 0 Å². The third-order valence-electron chi connectivity index (χ3n) is 1.68. The summed E-state index contributed by atoms with van der Waals surface area (Å²) >= 11 is 6.41. The Balaban J connectivity index is 3.22. The molecule has 0 aliphatic carbocycles. The van der Waals surface area contributed by atoms with Gasteiger partial charge < -0.3 is 0 Å². The number of rotatable bonds is 2. The molecule has 0 fully saturated rings. The fourth-order valence-corrected chi connectivity index (χ4v) is 1.90. The van der Waals surface area contributed by atoms with E-state index in [9.17, 15) is 8.78 Å². The molecule has 0 N–H and O–H groups in total. The molecule has 0 unspecified atom stereocenters. The zero-order valence-electron chi connectivity index (χ0n) is 6.82. The average Bonchev–Trinajstić information content (AvgIpc) is 2.09. The van der Waals surface area contributed by atoms with Crippen molar-refractivity contribution in [2.45, 2.75) is 18.7 Å². The van der Waals surface area contributed by atoms with Crippen molar-refractivity contribution < 1.29 is 8.78 Å². The van der Waals surface area contributed by atoms with Gasteiger partial charge in [-0.3, -0.25) is 4.98 Å². The number of nitrogens with zero attached hydrogens (tertiary/aromatic N) is 1. The summed E-state index contributed by atoms with van der Waals surface area (Å²) in [6.07, 6.45) is -2.52. The quantitative estimate of drug-likeness (QED) is 0.752. The van der Waals surface area contributed by atoms with Gasteiger partial charge in [0.1, 0.15) is 5.69 Å². The molecular weight excluding hydrogens is 308 g/mol. The van der Waals surface area contributed by atoms with Crippen molar-refractivity contribution in [3.63, 3.8) is 0 Å². The highest BCUT2D eigenvalue weighted by atomic mass is 79.9. The maximum absolute atomic E-state index is 12.3. The molecule has 13 heavy (non-hydrogen) atoms. The molecule has 0 bridgehead atoms. The van der Waals surface area contributed by atoms with Gasteiger partial charge in [-0.1, -0.05) is 31.9 Å². The first-order chi connectivity index (χ1) is 6.06. The van der Waals surface area contributed by atoms with Crippen LogP contribution in [-0.2, 0) is 5.33 Å². The van der Waals surface area contributed by atoms with Crippen molar-refractivity contribution in [2.75, 3.05) is 0 Å². The van der Waals surface area contributed by atoms with E-state index in [2.05, 4.69) is 36.8 Å². The van der Waals surface area contributed by atoms with Crippen LogP contribution in [0.1, 0.15) is 23.4 Å². The van der Waals surface area contributed by atoms with Gasteiger partial charge in [0.25, 0.3) is 6.43 Å². The molecule has 1 heterocycles. The van der Waals surface area contributed by atoms with E-state index in [1.807, 2.05) is 6.92 Å². The molecule has 0 saturated heterocycles. The molecule has 1 nitrogen and oxygen atoms in total. The second kappa shape index (κ2) is 4.46. The van der Waals surface area contributed by atoms with Gasteiger partial charge >= 0.3 is 0 Å². The van der Waals surface area contributed by atoms with Crippen LogP contribution in [0.4, 0.5) is 8.78 Å². The lowest BCUT2D eigenvalue weighted by atomic mass is 10.2. The first-order valence-corrected chi connectivity index (χ1v) is 5.47. The SMILES string of the molecule is Cc1c(Br)cc(C(F)F)nc1CBr. The number of halogens is 4. The highest BCUT2D eigenvalue weighted by molar-refractivity contribution is 9.10. The normalized spacial score (nSPS) is 10.9. The lowest BCUT2D eigenvalue weighted by molar-refractivity contribution is 0.145. The van der Waals surface area contributed by atoms with Crippen molar-refractivity contribution >= 4 is 31.9 Å². The summed E-state index contributed by atoms with van der Waals surface area (Å²) in [6, 6.07) is 1.35. The molecule has 0 saturated carbocycles. The minimum Gasteiger partial charge on any atom is -0.251 e. The minimum absolute atomic E-state index is 0.188. The Morgan fingerprint density at radius 3 is 2.62 bits per heavy atom. The molecule has 1 aromatic heterocycles. The monoisotopic (exact) mass is 313 g/mol. The van der Waals surface area contributed by atoms with Gasteiger partial charge in [-0.15, -0.1) is 0 Å². The number of alkyl halides is 3. The lowest BCUT2D eigenvalue weighted by Crippen LogP contribution is -1.98. The van der Waals surface area contributed by atoms with Gasteiger partial charge in [0, 0.05) is 9.80 Å². The predicted molar refractivity (Wildman–Crippen MR) is 54.3 cm³/mol. The smallest absolute Gasteiger partial charge is 0.251 e. The molecule has 0 aliphatic heterocycles. The summed E-state index contributed by atoms with van der Waals surface area (Å²) in [5.41, 5.74) is 1.35. The highest BCUT2D eigenvalue weighted by Crippen LogP contribution is 2.26. The van der Waals surface area contributed by atoms with Crippen LogP contribution in [0, 0.1) is 6.92 Å². The Labute approximate surface area is 91.8 Å². The standard InChI is InChI=1S/C8H7Br2F2N/c1-4-5(10)2-6(8(11)12)13-7(4)3-9/h2,8H,3H2,1H3. The van der Waals surface area contributed by atoms with Crippen LogP contribution in [-0.4, -0.2) is 4.98 Å². The largest absolute Gasteiger partial charge is 0.280 e. The third-order valence-corrected chi connectivity index (χ3v) is 3.03. The van der Waals surface area contributed by atoms with E-state index < -0.39 is 6.43 Å². The Hall–Kier alpha value is -0.0300. The molecule has 1 rings (SSSR count). The second-order valence-corrected chi connectivity index (χ2v) is 3.95. The van der Waals surface area contributed by atoms with Crippen LogP contribution in [0.2, 0.25) is 0 Å². The fraction of sp³-hybridized carbons (Fsp3) is 0.375. The van der Waals surface area contributed by atoms with E-state index in [0.717, 1.165) is 5.56 Å². The topological polar surface area (TPSA) is 12.9 Å². The zero-order valence-corrected chi connectivity index (χ0v) is 9.99. The van der Waals surface area contributed by atoms with Crippen LogP contribution in [0.15, 0.2) is 10.5 Å². The third kappa shape index (κ3) is 2.47. The van der Waals surface area contributed by atoms with Gasteiger partial charge in [-0.2, -0.15) is 0 Å². The summed E-state index contributed by atoms with van der Waals surface area (Å²) in [4.78, 5) is 3.82. The van der Waals surface area contributed by atoms with Crippen molar-refractivity contribution in [2.24, 2.45) is 0 Å². The summed E-state index contributed by atoms with van der Waals surface area (Å²) in [5, 5.41) is 0.484. The van der Waals surface area contributed by atoms with Crippen LogP contribution in [0.25, 0.3) is 0 Å². The van der Waals surface area contributed by atoms with Crippen LogP contribution in [0.3, 0.4) is 0 Å². The molecule has 0 spiro atoms. The number of hydrogen-bond acceptors (Lipinski definition) is 1. The van der Waals surface area contributed by atoms with E-state index in [-0.39, 0.29) is 5.69 Å². The molecule has 1 aromatic rings. The van der Waals surface area contributed by atoms with E-state index in [1.54, 1.807) is 0 Å². The van der Waals surface area contributed by atoms with Gasteiger partial charge in [-0.25, -0.2) is 8.78 Å². The van der Waals surface area contributed by atoms with Gasteiger partial charge in [0.15, 0.2) is 0 Å². The van der Waals surface area contributed by atoms with Gasteiger partial charge in [-0.05, 0) is 18.6 Å². The summed E-state index contributed by atoms with van der Waals surface area (Å²) in [5.74, 6) is 0. The first-order valence-electron chi connectivity index (χ1n) is 3.56. The highest BCUT2D eigenvalue weighted by Gasteiger charge is 2.13. The van der Waals surface area contributed by atoms with Crippen molar-refractivity contribution in [3.8, 4) is 0 Å². The van der Waals surface area contributed by atoms with Crippen LogP contribution < -0.4 is 0 Å². The second-order valence-electron chi connectivity index (χ2n) is 2.53. The first kappa shape index (κ1) is 11.0. The lowest BCUT2D eigenvalue weighted by Gasteiger charge is -2.07. The summed E-state index contributed by atoms with van der Waals surface area (Å²) in [6.45, 7) is 1.84. The van der Waals surface area contributed by atoms with Crippen LogP contribution in [0.5, 0.6) is 0 Å². The van der Waals surface area contributed by atoms with Crippen molar-refractivity contribution in [1.82, 2.24) is 4.98 Å². The molecule has 0 atom stereocenters. The molecule has 0 radical (unpaired) electrons. The van der Waals surface area contributed by atoms with Gasteiger partial charge in [0.2, 0.25) is 0 Å². The van der Waals surface area contributed by atoms with E-state index in [1.165, 1.54) is 6.07 Å². The Kier molecular flexibility index (Phi) is 3.79. The van der Waals surface area contributed by atoms with Crippen LogP contribution >= 0.6 is 31.9 Å². The Morgan fingerprint density at radius 1 is 1.54 bits per heavy atom. The average molecular weight is 315 g/mol. The van der Waals surface area contributed by atoms with Gasteiger partial charge in [0.05, 0.1) is 5.69 Å². The van der Waals surface area contributed by atoms with Crippen molar-refractivity contribution in [1.29, 1.82) is 0 Å². The fourth-order valence-electron chi connectivity index (χ4n) is 0.890. The van der Waals surface area contributed by atoms with E-state index in [4.69, 9.17) is 0 Å². The summed E-state index contributed by atoms with van der Waals surface area (Å²) in [7, 11) is 0. The number of aromatic nitrogens is 1. The number of hydrogen-bond donors (Lipinski definition) is 0. The molecule has 0 aliphatic rings.